The molecule has 112 valence electrons. The van der Waals surface area contributed by atoms with Crippen LogP contribution in [-0.4, -0.2) is 18.6 Å². The minimum atomic E-state index is 0.821. The van der Waals surface area contributed by atoms with Crippen molar-refractivity contribution in [1.29, 1.82) is 0 Å². The fourth-order valence-corrected chi connectivity index (χ4v) is 2.55. The lowest BCUT2D eigenvalue weighted by Crippen LogP contribution is -2.24. The monoisotopic (exact) mass is 284 g/mol. The highest BCUT2D eigenvalue weighted by Crippen LogP contribution is 2.20. The molecule has 0 unspecified atom stereocenters. The molecule has 0 aromatic heterocycles. The number of para-hydroxylation sites is 1. The molecule has 0 aliphatic heterocycles. The Kier molecular flexibility index (Phi) is 5.64. The summed E-state index contributed by atoms with van der Waals surface area (Å²) in [5.74, 6) is 0.950. The molecule has 2 N–H and O–H groups in total. The molecule has 21 heavy (non-hydrogen) atoms. The molecule has 3 heteroatoms. The van der Waals surface area contributed by atoms with E-state index in [-0.39, 0.29) is 0 Å². The standard InChI is InChI=1S/C18H24N2O/c1-3-11-20(13-15-7-6-9-17(19)12-15)14-16-8-4-5-10-18(16)21-2/h4-10,12H,3,11,13-14,19H2,1-2H3. The Bertz CT molecular complexity index is 569. The summed E-state index contributed by atoms with van der Waals surface area (Å²) in [7, 11) is 1.72. The van der Waals surface area contributed by atoms with E-state index in [1.165, 1.54) is 11.1 Å². The first-order valence-corrected chi connectivity index (χ1v) is 7.41. The van der Waals surface area contributed by atoms with Crippen LogP contribution in [0.3, 0.4) is 0 Å². The Morgan fingerprint density at radius 2 is 1.86 bits per heavy atom. The van der Waals surface area contributed by atoms with Crippen molar-refractivity contribution in [3.05, 3.63) is 59.7 Å². The maximum Gasteiger partial charge on any atom is 0.123 e. The number of benzene rings is 2. The molecule has 2 aromatic carbocycles. The summed E-state index contributed by atoms with van der Waals surface area (Å²) < 4.78 is 5.45. The Morgan fingerprint density at radius 3 is 2.57 bits per heavy atom. The van der Waals surface area contributed by atoms with Gasteiger partial charge in [0.1, 0.15) is 5.75 Å². The molecule has 0 atom stereocenters. The first-order valence-electron chi connectivity index (χ1n) is 7.41. The highest BCUT2D eigenvalue weighted by molar-refractivity contribution is 5.40. The molecule has 0 saturated heterocycles. The number of anilines is 1. The predicted octanol–water partition coefficient (Wildman–Crippen LogP) is 3.69. The highest BCUT2D eigenvalue weighted by atomic mass is 16.5. The summed E-state index contributed by atoms with van der Waals surface area (Å²) in [6.45, 7) is 5.03. The van der Waals surface area contributed by atoms with Gasteiger partial charge >= 0.3 is 0 Å². The first kappa shape index (κ1) is 15.4. The fraction of sp³-hybridized carbons (Fsp3) is 0.333. The maximum atomic E-state index is 5.87. The van der Waals surface area contributed by atoms with E-state index < -0.39 is 0 Å². The molecule has 0 spiro atoms. The molecule has 0 radical (unpaired) electrons. The summed E-state index contributed by atoms with van der Waals surface area (Å²) >= 11 is 0. The van der Waals surface area contributed by atoms with E-state index in [1.54, 1.807) is 7.11 Å². The van der Waals surface area contributed by atoms with Crippen molar-refractivity contribution in [2.45, 2.75) is 26.4 Å². The molecule has 0 heterocycles. The zero-order chi connectivity index (χ0) is 15.1. The number of nitrogens with zero attached hydrogens (tertiary/aromatic N) is 1. The molecule has 0 amide bonds. The summed E-state index contributed by atoms with van der Waals surface area (Å²) in [4.78, 5) is 2.42. The van der Waals surface area contributed by atoms with Crippen LogP contribution in [0, 0.1) is 0 Å². The van der Waals surface area contributed by atoms with Gasteiger partial charge in [0.05, 0.1) is 7.11 Å². The number of nitrogen functional groups attached to an aromatic ring is 1. The second kappa shape index (κ2) is 7.70. The average molecular weight is 284 g/mol. The number of nitrogens with two attached hydrogens (primary N) is 1. The summed E-state index contributed by atoms with van der Waals surface area (Å²) in [6.07, 6.45) is 1.12. The molecule has 0 fully saturated rings. The number of methoxy groups -OCH3 is 1. The van der Waals surface area contributed by atoms with Crippen molar-refractivity contribution in [3.8, 4) is 5.75 Å². The van der Waals surface area contributed by atoms with Crippen LogP contribution in [0.4, 0.5) is 5.69 Å². The van der Waals surface area contributed by atoms with E-state index in [0.29, 0.717) is 0 Å². The maximum absolute atomic E-state index is 5.87. The van der Waals surface area contributed by atoms with E-state index in [1.807, 2.05) is 30.3 Å². The molecule has 0 aliphatic carbocycles. The molecular weight excluding hydrogens is 260 g/mol. The van der Waals surface area contributed by atoms with Gasteiger partial charge in [0, 0.05) is 24.3 Å². The molecular formula is C18H24N2O. The largest absolute Gasteiger partial charge is 0.496 e. The van der Waals surface area contributed by atoms with E-state index in [9.17, 15) is 0 Å². The quantitative estimate of drug-likeness (QED) is 0.788. The third-order valence-corrected chi connectivity index (χ3v) is 3.48. The normalized spacial score (nSPS) is 10.8. The smallest absolute Gasteiger partial charge is 0.123 e. The Labute approximate surface area is 127 Å². The Hall–Kier alpha value is -2.00. The van der Waals surface area contributed by atoms with Crippen molar-refractivity contribution < 1.29 is 4.74 Å². The van der Waals surface area contributed by atoms with Gasteiger partial charge in [-0.25, -0.2) is 0 Å². The second-order valence-electron chi connectivity index (χ2n) is 5.27. The molecule has 3 nitrogen and oxygen atoms in total. The van der Waals surface area contributed by atoms with Gasteiger partial charge in [0.2, 0.25) is 0 Å². The number of rotatable bonds is 7. The number of ether oxygens (including phenoxy) is 1. The van der Waals surface area contributed by atoms with Gasteiger partial charge in [-0.2, -0.15) is 0 Å². The molecule has 2 aromatic rings. The summed E-state index contributed by atoms with van der Waals surface area (Å²) in [6, 6.07) is 16.3. The lowest BCUT2D eigenvalue weighted by atomic mass is 10.1. The van der Waals surface area contributed by atoms with Crippen LogP contribution in [0.5, 0.6) is 5.75 Å². The van der Waals surface area contributed by atoms with E-state index >= 15 is 0 Å². The van der Waals surface area contributed by atoms with Crippen molar-refractivity contribution in [2.24, 2.45) is 0 Å². The molecule has 0 aliphatic rings. The summed E-state index contributed by atoms with van der Waals surface area (Å²) in [5, 5.41) is 0. The van der Waals surface area contributed by atoms with Crippen molar-refractivity contribution >= 4 is 5.69 Å². The third-order valence-electron chi connectivity index (χ3n) is 3.48. The third kappa shape index (κ3) is 4.50. The average Bonchev–Trinajstić information content (AvgIpc) is 2.48. The first-order chi connectivity index (χ1) is 10.2. The Balaban J connectivity index is 2.11. The minimum absolute atomic E-state index is 0.821. The molecule has 2 rings (SSSR count). The predicted molar refractivity (Wildman–Crippen MR) is 88.3 cm³/mol. The van der Waals surface area contributed by atoms with Gasteiger partial charge < -0.3 is 10.5 Å². The van der Waals surface area contributed by atoms with Crippen LogP contribution in [0.25, 0.3) is 0 Å². The van der Waals surface area contributed by atoms with Gasteiger partial charge in [-0.05, 0) is 36.7 Å². The number of hydrogen-bond donors (Lipinski definition) is 1. The minimum Gasteiger partial charge on any atom is -0.496 e. The molecule has 0 saturated carbocycles. The van der Waals surface area contributed by atoms with Crippen LogP contribution in [0.2, 0.25) is 0 Å². The van der Waals surface area contributed by atoms with E-state index in [4.69, 9.17) is 10.5 Å². The lowest BCUT2D eigenvalue weighted by molar-refractivity contribution is 0.253. The van der Waals surface area contributed by atoms with Gasteiger partial charge in [-0.15, -0.1) is 0 Å². The zero-order valence-electron chi connectivity index (χ0n) is 12.9. The van der Waals surface area contributed by atoms with Crippen LogP contribution in [0.15, 0.2) is 48.5 Å². The van der Waals surface area contributed by atoms with Crippen molar-refractivity contribution in [2.75, 3.05) is 19.4 Å². The zero-order valence-corrected chi connectivity index (χ0v) is 12.9. The van der Waals surface area contributed by atoms with Crippen LogP contribution in [0.1, 0.15) is 24.5 Å². The lowest BCUT2D eigenvalue weighted by Gasteiger charge is -2.23. The van der Waals surface area contributed by atoms with Crippen molar-refractivity contribution in [3.63, 3.8) is 0 Å². The fourth-order valence-electron chi connectivity index (χ4n) is 2.55. The topological polar surface area (TPSA) is 38.5 Å². The van der Waals surface area contributed by atoms with E-state index in [0.717, 1.165) is 37.5 Å². The highest BCUT2D eigenvalue weighted by Gasteiger charge is 2.09. The Morgan fingerprint density at radius 1 is 1.05 bits per heavy atom. The van der Waals surface area contributed by atoms with Crippen LogP contribution >= 0.6 is 0 Å². The summed E-state index contributed by atoms with van der Waals surface area (Å²) in [5.41, 5.74) is 9.16. The van der Waals surface area contributed by atoms with E-state index in [2.05, 4.69) is 30.0 Å². The van der Waals surface area contributed by atoms with Gasteiger partial charge in [0.15, 0.2) is 0 Å². The van der Waals surface area contributed by atoms with Crippen LogP contribution in [-0.2, 0) is 13.1 Å². The second-order valence-corrected chi connectivity index (χ2v) is 5.27. The van der Waals surface area contributed by atoms with Gasteiger partial charge in [-0.1, -0.05) is 37.3 Å². The van der Waals surface area contributed by atoms with Gasteiger partial charge in [0.25, 0.3) is 0 Å². The number of hydrogen-bond acceptors (Lipinski definition) is 3. The molecule has 0 bridgehead atoms. The SMILES string of the molecule is CCCN(Cc1cccc(N)c1)Cc1ccccc1OC. The van der Waals surface area contributed by atoms with Crippen LogP contribution < -0.4 is 10.5 Å². The van der Waals surface area contributed by atoms with Crippen molar-refractivity contribution in [1.82, 2.24) is 4.90 Å². The van der Waals surface area contributed by atoms with Gasteiger partial charge in [-0.3, -0.25) is 4.90 Å².